The highest BCUT2D eigenvalue weighted by Crippen LogP contribution is 2.36. The molecule has 0 spiro atoms. The van der Waals surface area contributed by atoms with Gasteiger partial charge in [-0.15, -0.1) is 0 Å². The van der Waals surface area contributed by atoms with Gasteiger partial charge in [0.25, 0.3) is 0 Å². The van der Waals surface area contributed by atoms with Crippen molar-refractivity contribution in [2.24, 2.45) is 17.0 Å². The fraction of sp³-hybridized carbons (Fsp3) is 0.500. The maximum atomic E-state index is 8.37. The lowest BCUT2D eigenvalue weighted by Gasteiger charge is -2.22. The smallest absolute Gasteiger partial charge is 0.0690 e. The van der Waals surface area contributed by atoms with Gasteiger partial charge < -0.3 is 5.21 Å². The van der Waals surface area contributed by atoms with Gasteiger partial charge in [0.1, 0.15) is 0 Å². The lowest BCUT2D eigenvalue weighted by Crippen LogP contribution is -2.13. The topological polar surface area (TPSA) is 32.6 Å². The van der Waals surface area contributed by atoms with Crippen molar-refractivity contribution >= 4 is 6.21 Å². The van der Waals surface area contributed by atoms with Crippen LogP contribution in [0.5, 0.6) is 0 Å². The van der Waals surface area contributed by atoms with E-state index in [1.54, 1.807) is 6.21 Å². The van der Waals surface area contributed by atoms with Gasteiger partial charge in [-0.05, 0) is 36.7 Å². The third-order valence-electron chi connectivity index (χ3n) is 2.80. The summed E-state index contributed by atoms with van der Waals surface area (Å²) in [5.41, 5.74) is 1.18. The molecule has 2 nitrogen and oxygen atoms in total. The number of oxime groups is 1. The molecule has 0 saturated carbocycles. The van der Waals surface area contributed by atoms with Crippen LogP contribution in [0.3, 0.4) is 0 Å². The summed E-state index contributed by atoms with van der Waals surface area (Å²) in [5, 5.41) is 11.4. The highest BCUT2D eigenvalue weighted by molar-refractivity contribution is 5.78. The maximum absolute atomic E-state index is 8.37. The molecular formula is C10H13NO. The summed E-state index contributed by atoms with van der Waals surface area (Å²) in [6, 6.07) is 0. The third-order valence-corrected chi connectivity index (χ3v) is 2.80. The number of nitrogens with zero attached hydrogens (tertiary/aromatic N) is 1. The van der Waals surface area contributed by atoms with Gasteiger partial charge in [0.15, 0.2) is 0 Å². The number of allylic oxidation sites excluding steroid dienone is 4. The fourth-order valence-corrected chi connectivity index (χ4v) is 2.12. The Balaban J connectivity index is 2.06. The van der Waals surface area contributed by atoms with E-state index in [0.717, 1.165) is 24.7 Å². The van der Waals surface area contributed by atoms with Gasteiger partial charge in [-0.3, -0.25) is 0 Å². The highest BCUT2D eigenvalue weighted by atomic mass is 16.4. The molecule has 0 fully saturated rings. The summed E-state index contributed by atoms with van der Waals surface area (Å²) in [6.45, 7) is 0. The molecule has 0 radical (unpaired) electrons. The Bertz CT molecular complexity index is 253. The molecule has 0 saturated heterocycles. The molecule has 1 N–H and O–H groups in total. The van der Waals surface area contributed by atoms with Gasteiger partial charge in [0, 0.05) is 0 Å². The van der Waals surface area contributed by atoms with Crippen LogP contribution in [-0.2, 0) is 0 Å². The van der Waals surface area contributed by atoms with Gasteiger partial charge in [0.05, 0.1) is 6.21 Å². The van der Waals surface area contributed by atoms with Crippen molar-refractivity contribution in [1.82, 2.24) is 0 Å². The number of fused-ring (bicyclic) bond motifs is 1. The molecule has 0 amide bonds. The van der Waals surface area contributed by atoms with Crippen molar-refractivity contribution in [1.29, 1.82) is 0 Å². The van der Waals surface area contributed by atoms with Gasteiger partial charge >= 0.3 is 0 Å². The molecule has 0 heterocycles. The first-order valence-electron chi connectivity index (χ1n) is 4.43. The predicted molar refractivity (Wildman–Crippen MR) is 48.3 cm³/mol. The summed E-state index contributed by atoms with van der Waals surface area (Å²) in [6.07, 6.45) is 11.7. The van der Waals surface area contributed by atoms with Crippen molar-refractivity contribution in [2.75, 3.05) is 0 Å². The molecule has 0 aromatic carbocycles. The van der Waals surface area contributed by atoms with Crippen molar-refractivity contribution in [2.45, 2.75) is 19.3 Å². The Hall–Kier alpha value is -1.05. The van der Waals surface area contributed by atoms with Crippen LogP contribution < -0.4 is 0 Å². The van der Waals surface area contributed by atoms with Gasteiger partial charge in [-0.25, -0.2) is 0 Å². The minimum atomic E-state index is 0.751. The molecule has 2 atom stereocenters. The van der Waals surface area contributed by atoms with E-state index in [-0.39, 0.29) is 0 Å². The second-order valence-electron chi connectivity index (χ2n) is 3.55. The standard InChI is InChI=1S/C10H13NO/c12-11-7-8-4-5-9-2-1-3-10(9)6-8/h1-2,4,7,9-10,12H,3,5-6H2/b11-7+. The van der Waals surface area contributed by atoms with E-state index < -0.39 is 0 Å². The first kappa shape index (κ1) is 7.59. The van der Waals surface area contributed by atoms with Gasteiger partial charge in [-0.2, -0.15) is 0 Å². The number of hydrogen-bond acceptors (Lipinski definition) is 2. The Kier molecular flexibility index (Phi) is 1.98. The molecule has 2 unspecified atom stereocenters. The molecule has 0 aromatic rings. The van der Waals surface area contributed by atoms with Crippen molar-refractivity contribution < 1.29 is 5.21 Å². The summed E-state index contributed by atoms with van der Waals surface area (Å²) < 4.78 is 0. The van der Waals surface area contributed by atoms with Crippen molar-refractivity contribution in [3.8, 4) is 0 Å². The predicted octanol–water partition coefficient (Wildman–Crippen LogP) is 2.36. The average molecular weight is 163 g/mol. The van der Waals surface area contributed by atoms with Crippen molar-refractivity contribution in [3.05, 3.63) is 23.8 Å². The summed E-state index contributed by atoms with van der Waals surface area (Å²) >= 11 is 0. The summed E-state index contributed by atoms with van der Waals surface area (Å²) in [5.74, 6) is 1.52. The van der Waals surface area contributed by atoms with E-state index in [0.29, 0.717) is 0 Å². The Labute approximate surface area is 72.3 Å². The van der Waals surface area contributed by atoms with Crippen LogP contribution in [0.1, 0.15) is 19.3 Å². The minimum absolute atomic E-state index is 0.751. The maximum Gasteiger partial charge on any atom is 0.0690 e. The Morgan fingerprint density at radius 1 is 1.50 bits per heavy atom. The first-order valence-corrected chi connectivity index (χ1v) is 4.43. The zero-order chi connectivity index (χ0) is 8.39. The largest absolute Gasteiger partial charge is 0.411 e. The zero-order valence-electron chi connectivity index (χ0n) is 6.98. The Morgan fingerprint density at radius 2 is 2.42 bits per heavy atom. The SMILES string of the molecule is O/N=C/C1=CCC2C=CCC2C1. The van der Waals surface area contributed by atoms with Crippen LogP contribution in [-0.4, -0.2) is 11.4 Å². The first-order chi connectivity index (χ1) is 5.90. The zero-order valence-corrected chi connectivity index (χ0v) is 6.98. The van der Waals surface area contributed by atoms with Crippen molar-refractivity contribution in [3.63, 3.8) is 0 Å². The third kappa shape index (κ3) is 1.29. The van der Waals surface area contributed by atoms with Gasteiger partial charge in [0.2, 0.25) is 0 Å². The fourth-order valence-electron chi connectivity index (χ4n) is 2.12. The van der Waals surface area contributed by atoms with Crippen LogP contribution in [0.25, 0.3) is 0 Å². The molecular weight excluding hydrogens is 150 g/mol. The van der Waals surface area contributed by atoms with E-state index in [1.165, 1.54) is 12.0 Å². The molecule has 64 valence electrons. The molecule has 12 heavy (non-hydrogen) atoms. The van der Waals surface area contributed by atoms with Crippen LogP contribution in [0.2, 0.25) is 0 Å². The lowest BCUT2D eigenvalue weighted by atomic mass is 9.82. The van der Waals surface area contributed by atoms with Crippen LogP contribution in [0.15, 0.2) is 29.0 Å². The van der Waals surface area contributed by atoms with E-state index in [4.69, 9.17) is 5.21 Å². The molecule has 0 bridgehead atoms. The summed E-state index contributed by atoms with van der Waals surface area (Å²) in [4.78, 5) is 0. The van der Waals surface area contributed by atoms with E-state index in [1.807, 2.05) is 0 Å². The van der Waals surface area contributed by atoms with E-state index in [2.05, 4.69) is 23.4 Å². The second-order valence-corrected chi connectivity index (χ2v) is 3.55. The molecule has 2 heteroatoms. The average Bonchev–Trinajstić information content (AvgIpc) is 2.51. The van der Waals surface area contributed by atoms with Crippen LogP contribution in [0.4, 0.5) is 0 Å². The molecule has 0 aromatic heterocycles. The monoisotopic (exact) mass is 163 g/mol. The minimum Gasteiger partial charge on any atom is -0.411 e. The molecule has 2 aliphatic rings. The number of rotatable bonds is 1. The van der Waals surface area contributed by atoms with Crippen LogP contribution >= 0.6 is 0 Å². The molecule has 0 aliphatic heterocycles. The van der Waals surface area contributed by atoms with E-state index >= 15 is 0 Å². The quantitative estimate of drug-likeness (QED) is 0.274. The second kappa shape index (κ2) is 3.13. The molecule has 2 aliphatic carbocycles. The Morgan fingerprint density at radius 3 is 3.25 bits per heavy atom. The van der Waals surface area contributed by atoms with Gasteiger partial charge in [-0.1, -0.05) is 23.4 Å². The normalized spacial score (nSPS) is 33.8. The van der Waals surface area contributed by atoms with E-state index in [9.17, 15) is 0 Å². The molecule has 2 rings (SSSR count). The number of hydrogen-bond donors (Lipinski definition) is 1. The highest BCUT2D eigenvalue weighted by Gasteiger charge is 2.25. The summed E-state index contributed by atoms with van der Waals surface area (Å²) in [7, 11) is 0. The van der Waals surface area contributed by atoms with Crippen LogP contribution in [0, 0.1) is 11.8 Å². The lowest BCUT2D eigenvalue weighted by molar-refractivity contribution is 0.320.